The second-order valence-corrected chi connectivity index (χ2v) is 13.6. The molecule has 1 aliphatic rings. The molecule has 0 saturated carbocycles. The number of halogens is 1. The van der Waals surface area contributed by atoms with Crippen molar-refractivity contribution in [3.8, 4) is 5.75 Å². The number of hydrogen-bond donors (Lipinski definition) is 2. The lowest BCUT2D eigenvalue weighted by atomic mass is 10.2. The van der Waals surface area contributed by atoms with Crippen LogP contribution in [0.2, 0.25) is 5.02 Å². The van der Waals surface area contributed by atoms with E-state index in [2.05, 4.69) is 10.3 Å². The Hall–Kier alpha value is -3.20. The Morgan fingerprint density at radius 2 is 1.72 bits per heavy atom. The minimum atomic E-state index is -0.549. The molecule has 3 aromatic rings. The van der Waals surface area contributed by atoms with Gasteiger partial charge in [0.25, 0.3) is 5.91 Å². The van der Waals surface area contributed by atoms with Crippen LogP contribution in [0.4, 0.5) is 10.8 Å². The molecule has 11 nitrogen and oxygen atoms in total. The van der Waals surface area contributed by atoms with Crippen LogP contribution >= 0.6 is 34.7 Å². The zero-order valence-electron chi connectivity index (χ0n) is 26.2. The van der Waals surface area contributed by atoms with Crippen LogP contribution in [0, 0.1) is 0 Å². The van der Waals surface area contributed by atoms with Crippen molar-refractivity contribution in [3.05, 3.63) is 70.2 Å². The zero-order chi connectivity index (χ0) is 33.1. The quantitative estimate of drug-likeness (QED) is 0.145. The summed E-state index contributed by atoms with van der Waals surface area (Å²) in [5.74, 6) is -0.563. The first-order valence-corrected chi connectivity index (χ1v) is 16.9. The largest absolute Gasteiger partial charge is 0.506 e. The number of benzene rings is 2. The number of phenols is 1. The van der Waals surface area contributed by atoms with E-state index in [0.717, 1.165) is 5.69 Å². The summed E-state index contributed by atoms with van der Waals surface area (Å²) in [5, 5.41) is 17.2. The molecule has 1 aliphatic heterocycles. The summed E-state index contributed by atoms with van der Waals surface area (Å²) in [4.78, 5) is 35.8. The summed E-state index contributed by atoms with van der Waals surface area (Å²) in [5.41, 5.74) is 1.34. The van der Waals surface area contributed by atoms with Crippen molar-refractivity contribution in [2.75, 3.05) is 51.1 Å². The lowest BCUT2D eigenvalue weighted by molar-refractivity contribution is -0.160. The van der Waals surface area contributed by atoms with Crippen molar-refractivity contribution in [1.29, 1.82) is 0 Å². The van der Waals surface area contributed by atoms with Crippen LogP contribution < -0.4 is 10.2 Å². The van der Waals surface area contributed by atoms with Crippen LogP contribution in [0.1, 0.15) is 49.0 Å². The van der Waals surface area contributed by atoms with Gasteiger partial charge in [0.1, 0.15) is 18.0 Å². The Balaban J connectivity index is 1.28. The molecule has 248 valence electrons. The van der Waals surface area contributed by atoms with E-state index in [0.29, 0.717) is 59.5 Å². The van der Waals surface area contributed by atoms with Gasteiger partial charge in [-0.1, -0.05) is 41.6 Å². The number of rotatable bonds is 15. The van der Waals surface area contributed by atoms with Gasteiger partial charge in [-0.2, -0.15) is 0 Å². The molecule has 2 N–H and O–H groups in total. The van der Waals surface area contributed by atoms with E-state index in [4.69, 9.17) is 35.5 Å². The summed E-state index contributed by atoms with van der Waals surface area (Å²) in [6.45, 7) is 9.25. The van der Waals surface area contributed by atoms with Crippen LogP contribution in [-0.4, -0.2) is 85.0 Å². The molecular weight excluding hydrogens is 652 g/mol. The summed E-state index contributed by atoms with van der Waals surface area (Å²) in [7, 11) is 0. The fourth-order valence-corrected chi connectivity index (χ4v) is 6.59. The van der Waals surface area contributed by atoms with Gasteiger partial charge in [-0.3, -0.25) is 9.79 Å². The van der Waals surface area contributed by atoms with Crippen molar-refractivity contribution in [1.82, 2.24) is 10.3 Å². The molecule has 2 heterocycles. The van der Waals surface area contributed by atoms with E-state index in [-0.39, 0.29) is 36.2 Å². The maximum atomic E-state index is 12.6. The van der Waals surface area contributed by atoms with Crippen molar-refractivity contribution >= 4 is 62.6 Å². The number of amidine groups is 1. The van der Waals surface area contributed by atoms with Gasteiger partial charge in [-0.25, -0.2) is 9.78 Å². The summed E-state index contributed by atoms with van der Waals surface area (Å²) in [6, 6.07) is 13.8. The molecule has 2 atom stereocenters. The lowest BCUT2D eigenvalue weighted by Crippen LogP contribution is -2.27. The Morgan fingerprint density at radius 3 is 2.43 bits per heavy atom. The average molecular weight is 691 g/mol. The molecule has 0 spiro atoms. The number of carbonyl (C=O) groups excluding carboxylic acids is 2. The minimum Gasteiger partial charge on any atom is -0.506 e. The number of aromatic hydroxyl groups is 1. The molecule has 2 aromatic carbocycles. The molecule has 0 aliphatic carbocycles. The highest BCUT2D eigenvalue weighted by Crippen LogP contribution is 2.43. The smallest absolute Gasteiger partial charge is 0.332 e. The van der Waals surface area contributed by atoms with Crippen LogP contribution in [0.5, 0.6) is 5.75 Å². The van der Waals surface area contributed by atoms with Crippen molar-refractivity contribution < 1.29 is 33.6 Å². The molecule has 0 fully saturated rings. The second-order valence-electron chi connectivity index (χ2n) is 11.2. The topological polar surface area (TPSA) is 132 Å². The average Bonchev–Trinajstić information content (AvgIpc) is 3.63. The number of carbonyl (C=O) groups is 2. The number of phenolic OH excluding ortho intramolecular Hbond substituents is 1. The van der Waals surface area contributed by atoms with Crippen molar-refractivity contribution in [2.24, 2.45) is 4.99 Å². The molecular formula is C32H39ClN4O7S2. The van der Waals surface area contributed by atoms with E-state index in [1.807, 2.05) is 35.4 Å². The number of nitrogens with one attached hydrogen (secondary N) is 1. The number of thioether (sulfide) groups is 1. The van der Waals surface area contributed by atoms with E-state index in [1.54, 1.807) is 51.1 Å². The SMILES string of the molecule is CC1N=C(NC(=O)c2ccccc2)SC1c1csc(N(CCOCCOCCOCC(=O)OC(C)(C)C)c2cc(Cl)ccc2O)n1. The van der Waals surface area contributed by atoms with Crippen molar-refractivity contribution in [2.45, 2.75) is 44.6 Å². The molecule has 4 rings (SSSR count). The summed E-state index contributed by atoms with van der Waals surface area (Å²) < 4.78 is 21.8. The minimum absolute atomic E-state index is 0.0636. The van der Waals surface area contributed by atoms with Crippen LogP contribution in [0.25, 0.3) is 0 Å². The first-order chi connectivity index (χ1) is 22.0. The number of esters is 1. The van der Waals surface area contributed by atoms with Gasteiger partial charge in [-0.05, 0) is 58.0 Å². The number of thiazole rings is 1. The number of hydrogen-bond acceptors (Lipinski definition) is 12. The van der Waals surface area contributed by atoms with Gasteiger partial charge in [0.05, 0.1) is 55.7 Å². The Bertz CT molecular complexity index is 1480. The third-order valence-corrected chi connectivity index (χ3v) is 8.79. The number of aliphatic imine (C=N–C) groups is 1. The Kier molecular flexibility index (Phi) is 13.2. The van der Waals surface area contributed by atoms with Gasteiger partial charge >= 0.3 is 5.97 Å². The fraction of sp³-hybridized carbons (Fsp3) is 0.438. The first kappa shape index (κ1) is 35.7. The number of amides is 1. The molecule has 1 aromatic heterocycles. The van der Waals surface area contributed by atoms with Crippen LogP contribution in [-0.2, 0) is 23.7 Å². The lowest BCUT2D eigenvalue weighted by Gasteiger charge is -2.23. The fourth-order valence-electron chi connectivity index (χ4n) is 4.31. The molecule has 0 bridgehead atoms. The highest BCUT2D eigenvalue weighted by atomic mass is 35.5. The van der Waals surface area contributed by atoms with E-state index in [9.17, 15) is 14.7 Å². The highest BCUT2D eigenvalue weighted by Gasteiger charge is 2.32. The van der Waals surface area contributed by atoms with E-state index >= 15 is 0 Å². The Morgan fingerprint density at radius 1 is 1.02 bits per heavy atom. The van der Waals surface area contributed by atoms with Crippen LogP contribution in [0.15, 0.2) is 58.9 Å². The summed E-state index contributed by atoms with van der Waals surface area (Å²) in [6.07, 6.45) is 0. The molecule has 46 heavy (non-hydrogen) atoms. The van der Waals surface area contributed by atoms with Crippen molar-refractivity contribution in [3.63, 3.8) is 0 Å². The number of aromatic nitrogens is 1. The van der Waals surface area contributed by atoms with Gasteiger partial charge < -0.3 is 34.3 Å². The maximum Gasteiger partial charge on any atom is 0.332 e. The van der Waals surface area contributed by atoms with Gasteiger partial charge in [0.15, 0.2) is 10.3 Å². The number of nitrogens with zero attached hydrogens (tertiary/aromatic N) is 3. The van der Waals surface area contributed by atoms with Gasteiger partial charge in [0.2, 0.25) is 0 Å². The zero-order valence-corrected chi connectivity index (χ0v) is 28.6. The Labute approximate surface area is 282 Å². The van der Waals surface area contributed by atoms with Crippen LogP contribution in [0.3, 0.4) is 0 Å². The highest BCUT2D eigenvalue weighted by molar-refractivity contribution is 8.14. The summed E-state index contributed by atoms with van der Waals surface area (Å²) >= 11 is 9.18. The number of ether oxygens (including phenoxy) is 4. The molecule has 2 unspecified atom stereocenters. The third kappa shape index (κ3) is 11.0. The van der Waals surface area contributed by atoms with Gasteiger partial charge in [-0.15, -0.1) is 11.3 Å². The monoisotopic (exact) mass is 690 g/mol. The van der Waals surface area contributed by atoms with E-state index < -0.39 is 11.6 Å². The molecule has 0 radical (unpaired) electrons. The normalized spacial score (nSPS) is 16.2. The predicted molar refractivity (Wildman–Crippen MR) is 182 cm³/mol. The van der Waals surface area contributed by atoms with E-state index in [1.165, 1.54) is 23.1 Å². The molecule has 0 saturated heterocycles. The molecule has 1 amide bonds. The first-order valence-electron chi connectivity index (χ1n) is 14.8. The third-order valence-electron chi connectivity index (χ3n) is 6.36. The standard InChI is InChI=1S/C32H39ClN4O7S2/c1-21-28(46-30(34-21)36-29(40)22-8-6-5-7-9-22)24-20-45-31(35-24)37(25-18-23(33)10-11-26(25)38)12-13-41-14-15-42-16-17-43-19-27(39)44-32(2,3)4/h5-11,18,20-21,28,38H,12-17,19H2,1-4H3,(H,34,36,40). The predicted octanol–water partition coefficient (Wildman–Crippen LogP) is 5.99. The molecule has 14 heteroatoms. The second kappa shape index (κ2) is 17.1. The maximum absolute atomic E-state index is 12.6. The number of anilines is 2. The van der Waals surface area contributed by atoms with Gasteiger partial charge in [0, 0.05) is 22.5 Å².